The summed E-state index contributed by atoms with van der Waals surface area (Å²) in [6.45, 7) is 7.67. The van der Waals surface area contributed by atoms with Gasteiger partial charge in [0.2, 0.25) is 0 Å². The van der Waals surface area contributed by atoms with Gasteiger partial charge in [-0.2, -0.15) is 0 Å². The third-order valence-corrected chi connectivity index (χ3v) is 7.40. The van der Waals surface area contributed by atoms with Crippen molar-refractivity contribution in [2.75, 3.05) is 33.9 Å². The summed E-state index contributed by atoms with van der Waals surface area (Å²) in [4.78, 5) is 2.54. The molecule has 0 unspecified atom stereocenters. The van der Waals surface area contributed by atoms with E-state index in [0.717, 1.165) is 29.6 Å². The third kappa shape index (κ3) is 4.94. The lowest BCUT2D eigenvalue weighted by atomic mass is 9.94. The number of hydrogen-bond donors (Lipinski definition) is 0. The fourth-order valence-electron chi connectivity index (χ4n) is 5.31. The van der Waals surface area contributed by atoms with Crippen molar-refractivity contribution >= 4 is 11.1 Å². The molecule has 182 valence electrons. The van der Waals surface area contributed by atoms with Crippen LogP contribution < -0.4 is 14.2 Å². The van der Waals surface area contributed by atoms with Crippen LogP contribution in [0.5, 0.6) is 17.2 Å². The Hall–Kier alpha value is -3.24. The lowest BCUT2D eigenvalue weighted by Crippen LogP contribution is -2.35. The van der Waals surface area contributed by atoms with Gasteiger partial charge in [0.05, 0.1) is 14.2 Å². The quantitative estimate of drug-likeness (QED) is 0.386. The summed E-state index contributed by atoms with van der Waals surface area (Å²) in [7, 11) is 3.42. The monoisotopic (exact) mass is 469 g/mol. The minimum atomic E-state index is 0.431. The molecule has 4 nitrogen and oxygen atoms in total. The van der Waals surface area contributed by atoms with Crippen molar-refractivity contribution in [1.29, 1.82) is 0 Å². The number of methoxy groups -OCH3 is 2. The minimum absolute atomic E-state index is 0.431. The fraction of sp³-hybridized carbons (Fsp3) is 0.355. The molecule has 0 N–H and O–H groups in total. The van der Waals surface area contributed by atoms with Gasteiger partial charge in [0.15, 0.2) is 0 Å². The predicted octanol–water partition coefficient (Wildman–Crippen LogP) is 6.33. The Morgan fingerprint density at radius 2 is 1.51 bits per heavy atom. The van der Waals surface area contributed by atoms with Crippen LogP contribution in [0.3, 0.4) is 0 Å². The molecular weight excluding hydrogens is 434 g/mol. The minimum Gasteiger partial charge on any atom is -0.497 e. The number of benzene rings is 3. The molecule has 2 atom stereocenters. The molecule has 1 aliphatic carbocycles. The SMILES string of the molecule is COc1ccc(C2=C(c3ccc(OC[C@H](C)N4CC[C@@H](C)C4)cc3)c3ccc(OC)cc3C2)cc1. The van der Waals surface area contributed by atoms with Gasteiger partial charge in [-0.1, -0.05) is 37.3 Å². The number of likely N-dealkylation sites (tertiary alicyclic amines) is 1. The van der Waals surface area contributed by atoms with E-state index in [4.69, 9.17) is 14.2 Å². The van der Waals surface area contributed by atoms with Crippen molar-refractivity contribution < 1.29 is 14.2 Å². The first-order chi connectivity index (χ1) is 17.1. The molecular formula is C31H35NO3. The second kappa shape index (κ2) is 10.2. The van der Waals surface area contributed by atoms with E-state index >= 15 is 0 Å². The van der Waals surface area contributed by atoms with E-state index < -0.39 is 0 Å². The van der Waals surface area contributed by atoms with Gasteiger partial charge >= 0.3 is 0 Å². The topological polar surface area (TPSA) is 30.9 Å². The van der Waals surface area contributed by atoms with Gasteiger partial charge in [-0.15, -0.1) is 0 Å². The van der Waals surface area contributed by atoms with Crippen LogP contribution in [0.4, 0.5) is 0 Å². The summed E-state index contributed by atoms with van der Waals surface area (Å²) in [5.41, 5.74) is 7.57. The zero-order valence-corrected chi connectivity index (χ0v) is 21.2. The van der Waals surface area contributed by atoms with Crippen LogP contribution in [-0.4, -0.2) is 44.9 Å². The Morgan fingerprint density at radius 1 is 0.857 bits per heavy atom. The number of ether oxygens (including phenoxy) is 3. The standard InChI is InChI=1S/C31H35NO3/c1-21-15-16-32(19-21)22(2)20-35-27-11-7-24(8-12-27)31-29-14-13-28(34-4)17-25(29)18-30(31)23-5-9-26(33-3)10-6-23/h5-14,17,21-22H,15-16,18-20H2,1-4H3/t21-,22+/m1/s1. The summed E-state index contributed by atoms with van der Waals surface area (Å²) in [6.07, 6.45) is 2.16. The molecule has 4 heteroatoms. The maximum atomic E-state index is 6.18. The predicted molar refractivity (Wildman–Crippen MR) is 142 cm³/mol. The zero-order valence-electron chi connectivity index (χ0n) is 21.2. The fourth-order valence-corrected chi connectivity index (χ4v) is 5.31. The Bertz CT molecular complexity index is 1200. The molecule has 1 fully saturated rings. The van der Waals surface area contributed by atoms with Crippen LogP contribution in [-0.2, 0) is 6.42 Å². The number of nitrogens with zero attached hydrogens (tertiary/aromatic N) is 1. The molecule has 0 spiro atoms. The zero-order chi connectivity index (χ0) is 24.4. The van der Waals surface area contributed by atoms with Crippen LogP contribution in [0.2, 0.25) is 0 Å². The average Bonchev–Trinajstić information content (AvgIpc) is 3.51. The van der Waals surface area contributed by atoms with E-state index in [0.29, 0.717) is 12.6 Å². The van der Waals surface area contributed by atoms with Gasteiger partial charge in [-0.25, -0.2) is 0 Å². The van der Waals surface area contributed by atoms with Crippen LogP contribution in [0.15, 0.2) is 66.7 Å². The molecule has 0 saturated carbocycles. The van der Waals surface area contributed by atoms with Crippen molar-refractivity contribution in [2.45, 2.75) is 32.7 Å². The molecule has 5 rings (SSSR count). The molecule has 0 amide bonds. The van der Waals surface area contributed by atoms with E-state index in [9.17, 15) is 0 Å². The Morgan fingerprint density at radius 3 is 2.17 bits per heavy atom. The summed E-state index contributed by atoms with van der Waals surface area (Å²) >= 11 is 0. The molecule has 1 heterocycles. The van der Waals surface area contributed by atoms with Gasteiger partial charge in [0, 0.05) is 12.6 Å². The first-order valence-corrected chi connectivity index (χ1v) is 12.6. The second-order valence-electron chi connectivity index (χ2n) is 9.86. The lowest BCUT2D eigenvalue weighted by Gasteiger charge is -2.24. The highest BCUT2D eigenvalue weighted by molar-refractivity contribution is 6.03. The maximum absolute atomic E-state index is 6.18. The summed E-state index contributed by atoms with van der Waals surface area (Å²) in [5, 5.41) is 0. The smallest absolute Gasteiger partial charge is 0.119 e. The molecule has 0 radical (unpaired) electrons. The maximum Gasteiger partial charge on any atom is 0.119 e. The Balaban J connectivity index is 1.40. The van der Waals surface area contributed by atoms with E-state index in [-0.39, 0.29) is 0 Å². The molecule has 2 aliphatic rings. The van der Waals surface area contributed by atoms with Gasteiger partial charge in [-0.3, -0.25) is 4.90 Å². The number of allylic oxidation sites excluding steroid dienone is 1. The van der Waals surface area contributed by atoms with Gasteiger partial charge in [0.25, 0.3) is 0 Å². The second-order valence-corrected chi connectivity index (χ2v) is 9.86. The van der Waals surface area contributed by atoms with E-state index in [1.54, 1.807) is 14.2 Å². The lowest BCUT2D eigenvalue weighted by molar-refractivity contribution is 0.169. The Labute approximate surface area is 209 Å². The third-order valence-electron chi connectivity index (χ3n) is 7.40. The summed E-state index contributed by atoms with van der Waals surface area (Å²) in [6, 6.07) is 23.8. The van der Waals surface area contributed by atoms with Crippen LogP contribution >= 0.6 is 0 Å². The number of hydrogen-bond acceptors (Lipinski definition) is 4. The van der Waals surface area contributed by atoms with Crippen molar-refractivity contribution in [2.24, 2.45) is 5.92 Å². The summed E-state index contributed by atoms with van der Waals surface area (Å²) < 4.78 is 17.1. The molecule has 1 aliphatic heterocycles. The van der Waals surface area contributed by atoms with Crippen LogP contribution in [0.25, 0.3) is 11.1 Å². The van der Waals surface area contributed by atoms with Crippen molar-refractivity contribution in [1.82, 2.24) is 4.90 Å². The highest BCUT2D eigenvalue weighted by Gasteiger charge is 2.25. The molecule has 3 aromatic carbocycles. The van der Waals surface area contributed by atoms with Crippen molar-refractivity contribution in [3.8, 4) is 17.2 Å². The Kier molecular flexibility index (Phi) is 6.83. The first kappa shape index (κ1) is 23.5. The number of rotatable bonds is 8. The van der Waals surface area contributed by atoms with E-state index in [2.05, 4.69) is 67.3 Å². The largest absolute Gasteiger partial charge is 0.497 e. The summed E-state index contributed by atoms with van der Waals surface area (Å²) in [5.74, 6) is 3.48. The van der Waals surface area contributed by atoms with E-state index in [1.165, 1.54) is 52.9 Å². The average molecular weight is 470 g/mol. The number of fused-ring (bicyclic) bond motifs is 1. The van der Waals surface area contributed by atoms with Crippen LogP contribution in [0, 0.1) is 5.92 Å². The molecule has 1 saturated heterocycles. The molecule has 0 aromatic heterocycles. The normalized spacial score (nSPS) is 18.5. The van der Waals surface area contributed by atoms with E-state index in [1.807, 2.05) is 18.2 Å². The molecule has 3 aromatic rings. The highest BCUT2D eigenvalue weighted by Crippen LogP contribution is 2.43. The van der Waals surface area contributed by atoms with Crippen LogP contribution in [0.1, 0.15) is 42.5 Å². The van der Waals surface area contributed by atoms with Gasteiger partial charge < -0.3 is 14.2 Å². The van der Waals surface area contributed by atoms with Gasteiger partial charge in [0.1, 0.15) is 23.9 Å². The molecule has 0 bridgehead atoms. The molecule has 35 heavy (non-hydrogen) atoms. The van der Waals surface area contributed by atoms with Crippen molar-refractivity contribution in [3.05, 3.63) is 89.0 Å². The first-order valence-electron chi connectivity index (χ1n) is 12.6. The van der Waals surface area contributed by atoms with Gasteiger partial charge in [-0.05, 0) is 102 Å². The highest BCUT2D eigenvalue weighted by atomic mass is 16.5. The van der Waals surface area contributed by atoms with Crippen molar-refractivity contribution in [3.63, 3.8) is 0 Å².